The van der Waals surface area contributed by atoms with E-state index in [0.29, 0.717) is 6.42 Å². The zero-order chi connectivity index (χ0) is 23.1. The molecule has 0 bridgehead atoms. The highest BCUT2D eigenvalue weighted by Crippen LogP contribution is 2.71. The Balaban J connectivity index is 1.98. The van der Waals surface area contributed by atoms with Crippen LogP contribution in [0.2, 0.25) is 0 Å². The maximum atomic E-state index is 17.0. The lowest BCUT2D eigenvalue weighted by Gasteiger charge is -2.59. The van der Waals surface area contributed by atoms with Crippen molar-refractivity contribution in [2.24, 2.45) is 28.1 Å². The van der Waals surface area contributed by atoms with Gasteiger partial charge in [0.25, 0.3) is 0 Å². The molecule has 0 aliphatic heterocycles. The lowest BCUT2D eigenvalue weighted by molar-refractivity contribution is -0.179. The minimum Gasteiger partial charge on any atom is -0.481 e. The monoisotopic (exact) mass is 434 g/mol. The van der Waals surface area contributed by atoms with Crippen LogP contribution in [0.5, 0.6) is 0 Å². The molecule has 8 heteroatoms. The molecule has 4 aliphatic carbocycles. The number of fused-ring (bicyclic) bond motifs is 5. The van der Waals surface area contributed by atoms with E-state index in [0.717, 1.165) is 6.08 Å². The third kappa shape index (κ3) is 2.31. The van der Waals surface area contributed by atoms with Crippen LogP contribution in [-0.2, 0) is 19.2 Å². The lowest BCUT2D eigenvalue weighted by Crippen LogP contribution is -2.67. The molecule has 7 nitrogen and oxygen atoms in total. The fourth-order valence-corrected chi connectivity index (χ4v) is 7.32. The number of hydrogen-bond acceptors (Lipinski definition) is 5. The standard InChI is InChI=1S/C23H27FO7/c1-4-22(19(30)31)6-5-12-14-7-11(18(28)29)13-8-15(25)16(26)9-21(13,3)23(14,24)17(27)10-20(12,22)2/h7-8,12,14,16,26H,4-6,9-10H2,1-3H3,(H,28,29)(H,30,31)/t12-,14-,16?,20-,21-,22+,23-/m0/s1. The van der Waals surface area contributed by atoms with E-state index in [1.165, 1.54) is 13.0 Å². The highest BCUT2D eigenvalue weighted by Gasteiger charge is 2.75. The molecule has 3 N–H and O–H groups in total. The van der Waals surface area contributed by atoms with Gasteiger partial charge in [-0.25, -0.2) is 9.18 Å². The molecule has 4 aliphatic rings. The van der Waals surface area contributed by atoms with Crippen molar-refractivity contribution in [1.82, 2.24) is 0 Å². The van der Waals surface area contributed by atoms with Crippen LogP contribution in [-0.4, -0.2) is 50.6 Å². The van der Waals surface area contributed by atoms with Crippen LogP contribution in [0.25, 0.3) is 0 Å². The number of halogens is 1. The quantitative estimate of drug-likeness (QED) is 0.622. The Labute approximate surface area is 179 Å². The van der Waals surface area contributed by atoms with Crippen molar-refractivity contribution < 1.29 is 38.9 Å². The number of Topliss-reactive ketones (excluding diaryl/α,β-unsaturated/α-hetero) is 1. The molecule has 7 atom stereocenters. The van der Waals surface area contributed by atoms with Crippen molar-refractivity contribution in [2.45, 2.75) is 64.6 Å². The normalized spacial score (nSPS) is 46.4. The van der Waals surface area contributed by atoms with E-state index in [1.807, 2.05) is 0 Å². The highest BCUT2D eigenvalue weighted by atomic mass is 19.1. The summed E-state index contributed by atoms with van der Waals surface area (Å²) in [5.41, 5.74) is -6.80. The van der Waals surface area contributed by atoms with Crippen LogP contribution in [0.3, 0.4) is 0 Å². The van der Waals surface area contributed by atoms with Gasteiger partial charge in [0.05, 0.1) is 11.0 Å². The average molecular weight is 434 g/mol. The Morgan fingerprint density at radius 3 is 2.42 bits per heavy atom. The molecule has 168 valence electrons. The number of allylic oxidation sites excluding steroid dienone is 1. The second-order valence-electron chi connectivity index (χ2n) is 10.0. The summed E-state index contributed by atoms with van der Waals surface area (Å²) in [6.07, 6.45) is 0.865. The molecule has 0 aromatic heterocycles. The molecule has 0 heterocycles. The van der Waals surface area contributed by atoms with Crippen molar-refractivity contribution in [3.8, 4) is 0 Å². The molecule has 31 heavy (non-hydrogen) atoms. The number of carboxylic acids is 2. The van der Waals surface area contributed by atoms with E-state index in [-0.39, 0.29) is 30.4 Å². The number of carbonyl (C=O) groups excluding carboxylic acids is 2. The first-order valence-electron chi connectivity index (χ1n) is 10.7. The smallest absolute Gasteiger partial charge is 0.335 e. The van der Waals surface area contributed by atoms with Gasteiger partial charge in [0, 0.05) is 17.8 Å². The van der Waals surface area contributed by atoms with Gasteiger partial charge in [-0.2, -0.15) is 0 Å². The number of alkyl halides is 1. The number of carboxylic acid groups (broad SMARTS) is 2. The van der Waals surface area contributed by atoms with Gasteiger partial charge < -0.3 is 15.3 Å². The Hall–Kier alpha value is -2.35. The minimum atomic E-state index is -2.54. The van der Waals surface area contributed by atoms with Gasteiger partial charge in [0.1, 0.15) is 6.10 Å². The minimum absolute atomic E-state index is 0.0796. The number of aliphatic carboxylic acids is 2. The van der Waals surface area contributed by atoms with Crippen molar-refractivity contribution >= 4 is 23.5 Å². The molecular formula is C23H27FO7. The largest absolute Gasteiger partial charge is 0.481 e. The van der Waals surface area contributed by atoms with Crippen LogP contribution in [0.1, 0.15) is 52.9 Å². The van der Waals surface area contributed by atoms with E-state index in [4.69, 9.17) is 0 Å². The number of aliphatic hydroxyl groups excluding tert-OH is 1. The maximum Gasteiger partial charge on any atom is 0.335 e. The Morgan fingerprint density at radius 1 is 1.23 bits per heavy atom. The second kappa shape index (κ2) is 6.34. The summed E-state index contributed by atoms with van der Waals surface area (Å²) in [5.74, 6) is -5.59. The summed E-state index contributed by atoms with van der Waals surface area (Å²) in [5, 5.41) is 30.1. The number of ketones is 2. The van der Waals surface area contributed by atoms with Gasteiger partial charge in [0.2, 0.25) is 0 Å². The second-order valence-corrected chi connectivity index (χ2v) is 10.0. The third-order valence-corrected chi connectivity index (χ3v) is 9.11. The molecule has 0 spiro atoms. The summed E-state index contributed by atoms with van der Waals surface area (Å²) >= 11 is 0. The molecule has 2 saturated carbocycles. The predicted molar refractivity (Wildman–Crippen MR) is 106 cm³/mol. The molecule has 0 amide bonds. The van der Waals surface area contributed by atoms with Crippen molar-refractivity contribution in [3.05, 3.63) is 23.3 Å². The molecule has 0 aromatic carbocycles. The average Bonchev–Trinajstić information content (AvgIpc) is 2.97. The summed E-state index contributed by atoms with van der Waals surface area (Å²) in [6.45, 7) is 4.85. The first-order valence-corrected chi connectivity index (χ1v) is 10.7. The summed E-state index contributed by atoms with van der Waals surface area (Å²) < 4.78 is 17.0. The van der Waals surface area contributed by atoms with E-state index in [1.54, 1.807) is 13.8 Å². The van der Waals surface area contributed by atoms with Crippen LogP contribution >= 0.6 is 0 Å². The summed E-state index contributed by atoms with van der Waals surface area (Å²) in [6, 6.07) is 0. The first-order chi connectivity index (χ1) is 14.3. The third-order valence-electron chi connectivity index (χ3n) is 9.11. The van der Waals surface area contributed by atoms with Crippen molar-refractivity contribution in [2.75, 3.05) is 0 Å². The zero-order valence-corrected chi connectivity index (χ0v) is 17.8. The molecule has 0 radical (unpaired) electrons. The fourth-order valence-electron chi connectivity index (χ4n) is 7.32. The van der Waals surface area contributed by atoms with Gasteiger partial charge in [-0.3, -0.25) is 14.4 Å². The zero-order valence-electron chi connectivity index (χ0n) is 17.8. The van der Waals surface area contributed by atoms with Crippen LogP contribution in [0.15, 0.2) is 23.3 Å². The first kappa shape index (κ1) is 21.9. The molecular weight excluding hydrogens is 407 g/mol. The van der Waals surface area contributed by atoms with E-state index in [2.05, 4.69) is 0 Å². The van der Waals surface area contributed by atoms with E-state index < -0.39 is 69.8 Å². The molecule has 2 fully saturated rings. The van der Waals surface area contributed by atoms with Crippen LogP contribution < -0.4 is 0 Å². The van der Waals surface area contributed by atoms with Gasteiger partial charge in [-0.1, -0.05) is 26.8 Å². The number of carbonyl (C=O) groups is 4. The van der Waals surface area contributed by atoms with E-state index >= 15 is 4.39 Å². The Bertz CT molecular complexity index is 982. The van der Waals surface area contributed by atoms with Crippen molar-refractivity contribution in [3.63, 3.8) is 0 Å². The molecule has 0 aromatic rings. The van der Waals surface area contributed by atoms with Gasteiger partial charge in [-0.15, -0.1) is 0 Å². The van der Waals surface area contributed by atoms with Crippen LogP contribution in [0.4, 0.5) is 4.39 Å². The van der Waals surface area contributed by atoms with Gasteiger partial charge >= 0.3 is 11.9 Å². The Kier molecular flexibility index (Phi) is 4.47. The fraction of sp³-hybridized carbons (Fsp3) is 0.652. The van der Waals surface area contributed by atoms with E-state index in [9.17, 15) is 34.5 Å². The van der Waals surface area contributed by atoms with Gasteiger partial charge in [-0.05, 0) is 48.7 Å². The predicted octanol–water partition coefficient (Wildman–Crippen LogP) is 2.47. The SMILES string of the molecule is CC[C@]1(C(=O)O)CC[C@H]2[C@@H]3C=C(C(=O)O)C4=CC(=O)C(O)C[C@]4(C)[C@@]3(F)C(=O)C[C@@]21C. The molecule has 1 unspecified atom stereocenters. The molecule has 4 rings (SSSR count). The Morgan fingerprint density at radius 2 is 1.87 bits per heavy atom. The number of hydrogen-bond donors (Lipinski definition) is 3. The lowest BCUT2D eigenvalue weighted by atomic mass is 9.43. The molecule has 0 saturated heterocycles. The number of rotatable bonds is 3. The summed E-state index contributed by atoms with van der Waals surface area (Å²) in [4.78, 5) is 50.0. The number of aliphatic hydroxyl groups is 1. The van der Waals surface area contributed by atoms with Gasteiger partial charge in [0.15, 0.2) is 17.2 Å². The summed E-state index contributed by atoms with van der Waals surface area (Å²) in [7, 11) is 0. The van der Waals surface area contributed by atoms with Crippen LogP contribution in [0, 0.1) is 28.1 Å². The topological polar surface area (TPSA) is 129 Å². The highest BCUT2D eigenvalue weighted by molar-refractivity contribution is 6.04. The maximum absolute atomic E-state index is 17.0. The van der Waals surface area contributed by atoms with Crippen molar-refractivity contribution in [1.29, 1.82) is 0 Å².